The van der Waals surface area contributed by atoms with E-state index in [4.69, 9.17) is 0 Å². The normalized spacial score (nSPS) is 19.3. The summed E-state index contributed by atoms with van der Waals surface area (Å²) in [7, 11) is 0. The molecule has 112 valence electrons. The van der Waals surface area contributed by atoms with Crippen molar-refractivity contribution in [3.63, 3.8) is 0 Å². The average molecular weight is 287 g/mol. The van der Waals surface area contributed by atoms with Gasteiger partial charge in [-0.3, -0.25) is 4.68 Å². The Labute approximate surface area is 125 Å². The van der Waals surface area contributed by atoms with Gasteiger partial charge in [0, 0.05) is 25.3 Å². The van der Waals surface area contributed by atoms with E-state index in [1.54, 1.807) is 12.1 Å². The van der Waals surface area contributed by atoms with Crippen LogP contribution in [0.5, 0.6) is 0 Å². The van der Waals surface area contributed by atoms with E-state index in [9.17, 15) is 4.39 Å². The summed E-state index contributed by atoms with van der Waals surface area (Å²) in [6.45, 7) is 7.28. The van der Waals surface area contributed by atoms with Gasteiger partial charge >= 0.3 is 0 Å². The van der Waals surface area contributed by atoms with Crippen LogP contribution < -0.4 is 0 Å². The van der Waals surface area contributed by atoms with E-state index >= 15 is 0 Å². The number of halogens is 1. The molecule has 4 heteroatoms. The largest absolute Gasteiger partial charge is 0.301 e. The van der Waals surface area contributed by atoms with Crippen LogP contribution in [0.4, 0.5) is 4.39 Å². The van der Waals surface area contributed by atoms with Crippen LogP contribution in [0.1, 0.15) is 29.4 Å². The zero-order valence-electron chi connectivity index (χ0n) is 12.7. The van der Waals surface area contributed by atoms with Crippen molar-refractivity contribution in [3.8, 4) is 0 Å². The Morgan fingerprint density at radius 3 is 2.86 bits per heavy atom. The molecule has 1 atom stereocenters. The second-order valence-corrected chi connectivity index (χ2v) is 5.99. The molecule has 21 heavy (non-hydrogen) atoms. The lowest BCUT2D eigenvalue weighted by atomic mass is 10.1. The van der Waals surface area contributed by atoms with Crippen LogP contribution in [0.2, 0.25) is 0 Å². The molecule has 0 bridgehead atoms. The number of aryl methyl sites for hydroxylation is 2. The maximum atomic E-state index is 13.2. The first kappa shape index (κ1) is 14.3. The topological polar surface area (TPSA) is 21.1 Å². The zero-order valence-corrected chi connectivity index (χ0v) is 12.7. The predicted octanol–water partition coefficient (Wildman–Crippen LogP) is 3.13. The number of nitrogens with zero attached hydrogens (tertiary/aromatic N) is 3. The molecule has 1 saturated heterocycles. The lowest BCUT2D eigenvalue weighted by Crippen LogP contribution is -2.24. The first-order valence-corrected chi connectivity index (χ1v) is 7.61. The van der Waals surface area contributed by atoms with Crippen LogP contribution in [-0.4, -0.2) is 34.3 Å². The smallest absolute Gasteiger partial charge is 0.123 e. The van der Waals surface area contributed by atoms with Crippen molar-refractivity contribution in [1.29, 1.82) is 0 Å². The van der Waals surface area contributed by atoms with Crippen LogP contribution in [0.15, 0.2) is 30.3 Å². The van der Waals surface area contributed by atoms with Gasteiger partial charge in [-0.2, -0.15) is 5.10 Å². The summed E-state index contributed by atoms with van der Waals surface area (Å²) in [4.78, 5) is 2.45. The van der Waals surface area contributed by atoms with E-state index in [0.29, 0.717) is 6.04 Å². The third-order valence-electron chi connectivity index (χ3n) is 4.24. The Kier molecular flexibility index (Phi) is 4.06. The van der Waals surface area contributed by atoms with Gasteiger partial charge in [0.05, 0.1) is 11.7 Å². The molecule has 0 aliphatic carbocycles. The third-order valence-corrected chi connectivity index (χ3v) is 4.24. The van der Waals surface area contributed by atoms with Crippen LogP contribution in [0.25, 0.3) is 0 Å². The summed E-state index contributed by atoms with van der Waals surface area (Å²) in [5, 5.41) is 4.60. The predicted molar refractivity (Wildman–Crippen MR) is 81.9 cm³/mol. The van der Waals surface area contributed by atoms with Crippen molar-refractivity contribution in [2.75, 3.05) is 19.6 Å². The Morgan fingerprint density at radius 1 is 1.29 bits per heavy atom. The lowest BCUT2D eigenvalue weighted by Gasteiger charge is -2.17. The lowest BCUT2D eigenvalue weighted by molar-refractivity contribution is 0.321. The summed E-state index contributed by atoms with van der Waals surface area (Å²) in [6.07, 6.45) is 2.05. The molecule has 2 heterocycles. The molecule has 1 fully saturated rings. The Morgan fingerprint density at radius 2 is 2.14 bits per heavy atom. The van der Waals surface area contributed by atoms with Crippen LogP contribution in [0.3, 0.4) is 0 Å². The zero-order chi connectivity index (χ0) is 14.8. The number of hydrogen-bond acceptors (Lipinski definition) is 2. The van der Waals surface area contributed by atoms with E-state index in [-0.39, 0.29) is 5.82 Å². The molecule has 1 aliphatic rings. The van der Waals surface area contributed by atoms with Gasteiger partial charge in [-0.15, -0.1) is 0 Å². The van der Waals surface area contributed by atoms with Crippen molar-refractivity contribution < 1.29 is 4.39 Å². The van der Waals surface area contributed by atoms with E-state index < -0.39 is 0 Å². The van der Waals surface area contributed by atoms with Gasteiger partial charge in [0.25, 0.3) is 0 Å². The highest BCUT2D eigenvalue weighted by Gasteiger charge is 2.25. The molecule has 0 N–H and O–H groups in total. The maximum Gasteiger partial charge on any atom is 0.123 e. The molecule has 1 aliphatic heterocycles. The number of rotatable bonds is 4. The fourth-order valence-electron chi connectivity index (χ4n) is 3.21. The summed E-state index contributed by atoms with van der Waals surface area (Å²) in [5.74, 6) is -0.144. The average Bonchev–Trinajstić information content (AvgIpc) is 3.03. The van der Waals surface area contributed by atoms with Crippen LogP contribution in [-0.2, 0) is 6.42 Å². The molecular weight excluding hydrogens is 265 g/mol. The van der Waals surface area contributed by atoms with Gasteiger partial charge in [-0.25, -0.2) is 4.39 Å². The SMILES string of the molecule is Cc1cc(C)n(C2CCN(CCc3cccc(F)c3)C2)n1. The Bertz CT molecular complexity index is 620. The van der Waals surface area contributed by atoms with Crippen LogP contribution >= 0.6 is 0 Å². The Hall–Kier alpha value is -1.68. The third kappa shape index (κ3) is 3.32. The van der Waals surface area contributed by atoms with Crippen molar-refractivity contribution in [2.45, 2.75) is 32.7 Å². The highest BCUT2D eigenvalue weighted by Crippen LogP contribution is 2.23. The minimum absolute atomic E-state index is 0.144. The molecule has 0 radical (unpaired) electrons. The van der Waals surface area contributed by atoms with Gasteiger partial charge in [0.2, 0.25) is 0 Å². The van der Waals surface area contributed by atoms with Crippen molar-refractivity contribution >= 4 is 0 Å². The van der Waals surface area contributed by atoms with Gasteiger partial charge in [-0.1, -0.05) is 12.1 Å². The minimum Gasteiger partial charge on any atom is -0.301 e. The van der Waals surface area contributed by atoms with Gasteiger partial charge in [0.1, 0.15) is 5.82 Å². The van der Waals surface area contributed by atoms with E-state index in [0.717, 1.165) is 43.7 Å². The molecule has 0 amide bonds. The van der Waals surface area contributed by atoms with Gasteiger partial charge in [0.15, 0.2) is 0 Å². The number of likely N-dealkylation sites (tertiary alicyclic amines) is 1. The van der Waals surface area contributed by atoms with Gasteiger partial charge < -0.3 is 4.90 Å². The molecule has 0 saturated carbocycles. The summed E-state index contributed by atoms with van der Waals surface area (Å²) in [6, 6.07) is 9.53. The van der Waals surface area contributed by atoms with E-state index in [2.05, 4.69) is 27.7 Å². The summed E-state index contributed by atoms with van der Waals surface area (Å²) >= 11 is 0. The molecule has 1 aromatic heterocycles. The minimum atomic E-state index is -0.144. The first-order valence-electron chi connectivity index (χ1n) is 7.61. The number of benzene rings is 1. The standard InChI is InChI=1S/C17H22FN3/c1-13-10-14(2)21(19-13)17-7-9-20(12-17)8-6-15-4-3-5-16(18)11-15/h3-5,10-11,17H,6-9,12H2,1-2H3. The van der Waals surface area contributed by atoms with Crippen molar-refractivity contribution in [2.24, 2.45) is 0 Å². The molecule has 3 rings (SSSR count). The quantitative estimate of drug-likeness (QED) is 0.861. The second-order valence-electron chi connectivity index (χ2n) is 5.99. The van der Waals surface area contributed by atoms with E-state index in [1.807, 2.05) is 13.0 Å². The maximum absolute atomic E-state index is 13.2. The first-order chi connectivity index (χ1) is 10.1. The molecular formula is C17H22FN3. The van der Waals surface area contributed by atoms with Crippen molar-refractivity contribution in [1.82, 2.24) is 14.7 Å². The van der Waals surface area contributed by atoms with E-state index in [1.165, 1.54) is 11.8 Å². The highest BCUT2D eigenvalue weighted by atomic mass is 19.1. The monoisotopic (exact) mass is 287 g/mol. The highest BCUT2D eigenvalue weighted by molar-refractivity contribution is 5.16. The molecule has 1 aromatic carbocycles. The fraction of sp³-hybridized carbons (Fsp3) is 0.471. The second kappa shape index (κ2) is 5.98. The molecule has 3 nitrogen and oxygen atoms in total. The summed E-state index contributed by atoms with van der Waals surface area (Å²) in [5.41, 5.74) is 3.40. The fourth-order valence-corrected chi connectivity index (χ4v) is 3.21. The molecule has 1 unspecified atom stereocenters. The van der Waals surface area contributed by atoms with Gasteiger partial charge in [-0.05, 0) is 50.5 Å². The summed E-state index contributed by atoms with van der Waals surface area (Å²) < 4.78 is 15.3. The van der Waals surface area contributed by atoms with Crippen LogP contribution in [0, 0.1) is 19.7 Å². The Balaban J connectivity index is 1.56. The molecule has 0 spiro atoms. The number of hydrogen-bond donors (Lipinski definition) is 0. The molecule has 2 aromatic rings. The number of aromatic nitrogens is 2. The van der Waals surface area contributed by atoms with Crippen molar-refractivity contribution in [3.05, 3.63) is 53.1 Å².